The fraction of sp³-hybridized carbons (Fsp3) is 0.231. The number of amides is 1. The second-order valence-electron chi connectivity index (χ2n) is 4.44. The lowest BCUT2D eigenvalue weighted by Gasteiger charge is -2.06. The number of rotatable bonds is 3. The Morgan fingerprint density at radius 3 is 2.41 bits per heavy atom. The molecule has 118 valence electrons. The standard InChI is InChI=1S/C13H10BrF4N3O/c1-21-11(13(16,17)18)9(14)10(20-21)12(22)19-6-7-2-4-8(15)5-3-7/h2-5H,6H2,1H3,(H,19,22). The van der Waals surface area contributed by atoms with E-state index >= 15 is 0 Å². The van der Waals surface area contributed by atoms with Crippen LogP contribution in [0.1, 0.15) is 21.7 Å². The molecule has 0 spiro atoms. The highest BCUT2D eigenvalue weighted by molar-refractivity contribution is 9.10. The molecule has 9 heteroatoms. The van der Waals surface area contributed by atoms with Crippen LogP contribution in [0.5, 0.6) is 0 Å². The Hall–Kier alpha value is -1.90. The van der Waals surface area contributed by atoms with Gasteiger partial charge in [-0.3, -0.25) is 9.48 Å². The maximum absolute atomic E-state index is 12.8. The predicted molar refractivity (Wildman–Crippen MR) is 73.5 cm³/mol. The van der Waals surface area contributed by atoms with Crippen molar-refractivity contribution < 1.29 is 22.4 Å². The molecule has 2 rings (SSSR count). The third-order valence-electron chi connectivity index (χ3n) is 2.84. The Balaban J connectivity index is 2.15. The van der Waals surface area contributed by atoms with Crippen LogP contribution in [0.3, 0.4) is 0 Å². The second kappa shape index (κ2) is 6.07. The lowest BCUT2D eigenvalue weighted by molar-refractivity contribution is -0.144. The average Bonchev–Trinajstić information content (AvgIpc) is 2.72. The fourth-order valence-corrected chi connectivity index (χ4v) is 2.56. The van der Waals surface area contributed by atoms with Crippen LogP contribution in [0.4, 0.5) is 17.6 Å². The lowest BCUT2D eigenvalue weighted by atomic mass is 10.2. The zero-order valence-corrected chi connectivity index (χ0v) is 12.8. The smallest absolute Gasteiger partial charge is 0.347 e. The number of nitrogens with one attached hydrogen (secondary N) is 1. The van der Waals surface area contributed by atoms with Crippen molar-refractivity contribution in [2.45, 2.75) is 12.7 Å². The summed E-state index contributed by atoms with van der Waals surface area (Å²) in [7, 11) is 1.10. The monoisotopic (exact) mass is 379 g/mol. The van der Waals surface area contributed by atoms with E-state index in [9.17, 15) is 22.4 Å². The molecule has 0 saturated heterocycles. The molecule has 2 aromatic rings. The number of halogens is 5. The van der Waals surface area contributed by atoms with Gasteiger partial charge in [0.25, 0.3) is 5.91 Å². The van der Waals surface area contributed by atoms with Crippen LogP contribution < -0.4 is 5.32 Å². The summed E-state index contributed by atoms with van der Waals surface area (Å²) >= 11 is 2.76. The Morgan fingerprint density at radius 1 is 1.32 bits per heavy atom. The number of nitrogens with zero attached hydrogens (tertiary/aromatic N) is 2. The molecular weight excluding hydrogens is 370 g/mol. The summed E-state index contributed by atoms with van der Waals surface area (Å²) in [4.78, 5) is 11.9. The molecule has 1 aromatic carbocycles. The fourth-order valence-electron chi connectivity index (χ4n) is 1.82. The number of hydrogen-bond donors (Lipinski definition) is 1. The van der Waals surface area contributed by atoms with Crippen molar-refractivity contribution in [2.24, 2.45) is 7.05 Å². The predicted octanol–water partition coefficient (Wildman–Crippen LogP) is 3.27. The van der Waals surface area contributed by atoms with Crippen LogP contribution in [0, 0.1) is 5.82 Å². The molecule has 0 fully saturated rings. The van der Waals surface area contributed by atoms with Gasteiger partial charge in [0.1, 0.15) is 5.82 Å². The highest BCUT2D eigenvalue weighted by atomic mass is 79.9. The zero-order valence-electron chi connectivity index (χ0n) is 11.2. The van der Waals surface area contributed by atoms with Crippen LogP contribution >= 0.6 is 15.9 Å². The first-order chi connectivity index (χ1) is 10.2. The van der Waals surface area contributed by atoms with Gasteiger partial charge in [-0.05, 0) is 33.6 Å². The Labute approximate surface area is 131 Å². The molecule has 0 aliphatic rings. The molecule has 0 aliphatic heterocycles. The molecule has 0 atom stereocenters. The minimum atomic E-state index is -4.63. The van der Waals surface area contributed by atoms with Gasteiger partial charge in [-0.15, -0.1) is 0 Å². The number of aryl methyl sites for hydroxylation is 1. The SMILES string of the molecule is Cn1nc(C(=O)NCc2ccc(F)cc2)c(Br)c1C(F)(F)F. The number of aromatic nitrogens is 2. The van der Waals surface area contributed by atoms with Gasteiger partial charge in [0.05, 0.1) is 4.47 Å². The highest BCUT2D eigenvalue weighted by Gasteiger charge is 2.39. The van der Waals surface area contributed by atoms with Gasteiger partial charge in [0.15, 0.2) is 11.4 Å². The van der Waals surface area contributed by atoms with Gasteiger partial charge in [0.2, 0.25) is 0 Å². The maximum atomic E-state index is 12.8. The Bertz CT molecular complexity index is 695. The van der Waals surface area contributed by atoms with Gasteiger partial charge >= 0.3 is 6.18 Å². The summed E-state index contributed by atoms with van der Waals surface area (Å²) in [5.74, 6) is -1.18. The summed E-state index contributed by atoms with van der Waals surface area (Å²) in [6, 6.07) is 5.37. The molecule has 1 amide bonds. The Morgan fingerprint density at radius 2 is 1.91 bits per heavy atom. The van der Waals surface area contributed by atoms with Crippen molar-refractivity contribution in [1.82, 2.24) is 15.1 Å². The number of alkyl halides is 3. The van der Waals surface area contributed by atoms with E-state index in [4.69, 9.17) is 0 Å². The summed E-state index contributed by atoms with van der Waals surface area (Å²) in [5, 5.41) is 6.01. The van der Waals surface area contributed by atoms with E-state index in [2.05, 4.69) is 26.3 Å². The van der Waals surface area contributed by atoms with Crippen molar-refractivity contribution in [3.8, 4) is 0 Å². The van der Waals surface area contributed by atoms with Crippen molar-refractivity contribution in [2.75, 3.05) is 0 Å². The number of carbonyl (C=O) groups excluding carboxylic acids is 1. The number of carbonyl (C=O) groups is 1. The van der Waals surface area contributed by atoms with E-state index in [-0.39, 0.29) is 12.2 Å². The zero-order chi connectivity index (χ0) is 16.5. The molecule has 22 heavy (non-hydrogen) atoms. The summed E-state index contributed by atoms with van der Waals surface area (Å²) < 4.78 is 51.4. The van der Waals surface area contributed by atoms with Crippen molar-refractivity contribution in [3.63, 3.8) is 0 Å². The number of benzene rings is 1. The topological polar surface area (TPSA) is 46.9 Å². The molecule has 4 nitrogen and oxygen atoms in total. The quantitative estimate of drug-likeness (QED) is 0.832. The normalized spacial score (nSPS) is 11.5. The molecule has 0 aliphatic carbocycles. The molecule has 0 bridgehead atoms. The van der Waals surface area contributed by atoms with Gasteiger partial charge in [-0.1, -0.05) is 12.1 Å². The largest absolute Gasteiger partial charge is 0.434 e. The van der Waals surface area contributed by atoms with E-state index in [0.717, 1.165) is 7.05 Å². The van der Waals surface area contributed by atoms with Crippen molar-refractivity contribution in [3.05, 3.63) is 51.5 Å². The minimum Gasteiger partial charge on any atom is -0.347 e. The molecule has 1 N–H and O–H groups in total. The third kappa shape index (κ3) is 3.46. The van der Waals surface area contributed by atoms with Crippen LogP contribution in [0.25, 0.3) is 0 Å². The van der Waals surface area contributed by atoms with Crippen LogP contribution in [0.2, 0.25) is 0 Å². The van der Waals surface area contributed by atoms with E-state index in [1.54, 1.807) is 0 Å². The van der Waals surface area contributed by atoms with Crippen molar-refractivity contribution >= 4 is 21.8 Å². The third-order valence-corrected chi connectivity index (χ3v) is 3.59. The van der Waals surface area contributed by atoms with Gasteiger partial charge in [0, 0.05) is 13.6 Å². The Kier molecular flexibility index (Phi) is 4.55. The molecule has 0 radical (unpaired) electrons. The summed E-state index contributed by atoms with van der Waals surface area (Å²) in [6.45, 7) is 0.0451. The second-order valence-corrected chi connectivity index (χ2v) is 5.23. The van der Waals surface area contributed by atoms with Gasteiger partial charge in [-0.2, -0.15) is 18.3 Å². The molecular formula is C13H10BrF4N3O. The van der Waals surface area contributed by atoms with Crippen LogP contribution in [-0.2, 0) is 19.8 Å². The first-order valence-electron chi connectivity index (χ1n) is 6.02. The lowest BCUT2D eigenvalue weighted by Crippen LogP contribution is -2.23. The first-order valence-corrected chi connectivity index (χ1v) is 6.81. The van der Waals surface area contributed by atoms with E-state index < -0.39 is 28.1 Å². The maximum Gasteiger partial charge on any atom is 0.434 e. The van der Waals surface area contributed by atoms with E-state index in [0.29, 0.717) is 10.2 Å². The average molecular weight is 380 g/mol. The van der Waals surface area contributed by atoms with Gasteiger partial charge < -0.3 is 5.32 Å². The van der Waals surface area contributed by atoms with Crippen molar-refractivity contribution in [1.29, 1.82) is 0 Å². The highest BCUT2D eigenvalue weighted by Crippen LogP contribution is 2.36. The molecule has 0 saturated carbocycles. The van der Waals surface area contributed by atoms with E-state index in [1.165, 1.54) is 24.3 Å². The van der Waals surface area contributed by atoms with Crippen LogP contribution in [-0.4, -0.2) is 15.7 Å². The van der Waals surface area contributed by atoms with Gasteiger partial charge in [-0.25, -0.2) is 4.39 Å². The molecule has 0 unspecified atom stereocenters. The number of hydrogen-bond acceptors (Lipinski definition) is 2. The minimum absolute atomic E-state index is 0.0451. The van der Waals surface area contributed by atoms with E-state index in [1.807, 2.05) is 0 Å². The summed E-state index contributed by atoms with van der Waals surface area (Å²) in [6.07, 6.45) is -4.63. The van der Waals surface area contributed by atoms with Crippen LogP contribution in [0.15, 0.2) is 28.7 Å². The summed E-state index contributed by atoms with van der Waals surface area (Å²) in [5.41, 5.74) is -0.797. The first kappa shape index (κ1) is 16.5. The molecule has 1 heterocycles. The molecule has 1 aromatic heterocycles.